The number of aromatic nitrogens is 1. The topological polar surface area (TPSA) is 62.5 Å². The molecule has 5 nitrogen and oxygen atoms in total. The lowest BCUT2D eigenvalue weighted by molar-refractivity contribution is -0.130. The third-order valence-electron chi connectivity index (χ3n) is 2.72. The second-order valence-corrected chi connectivity index (χ2v) is 4.55. The molecule has 0 aromatic carbocycles. The summed E-state index contributed by atoms with van der Waals surface area (Å²) in [4.78, 5) is 19.5. The van der Waals surface area contributed by atoms with Crippen molar-refractivity contribution in [3.8, 4) is 0 Å². The van der Waals surface area contributed by atoms with Crippen LogP contribution < -0.4 is 5.73 Å². The first-order valence-corrected chi connectivity index (χ1v) is 6.16. The normalized spacial score (nSPS) is 10.7. The van der Waals surface area contributed by atoms with Crippen LogP contribution in [0, 0.1) is 0 Å². The van der Waals surface area contributed by atoms with Crippen LogP contribution in [-0.2, 0) is 11.3 Å². The first-order chi connectivity index (χ1) is 8.54. The molecule has 0 fully saturated rings. The standard InChI is InChI=1S/C13H22N4O/c1-4-8-17(10-12(18)16(2)3)9-11-6-5-7-15-13(11)14/h5-7H,4,8-10H2,1-3H3,(H2,14,15). The van der Waals surface area contributed by atoms with E-state index in [0.717, 1.165) is 18.5 Å². The number of carbonyl (C=O) groups is 1. The zero-order valence-corrected chi connectivity index (χ0v) is 11.4. The maximum atomic E-state index is 11.7. The molecule has 18 heavy (non-hydrogen) atoms. The van der Waals surface area contributed by atoms with Crippen LogP contribution in [0.1, 0.15) is 18.9 Å². The minimum Gasteiger partial charge on any atom is -0.383 e. The molecular formula is C13H22N4O. The van der Waals surface area contributed by atoms with Gasteiger partial charge in [-0.05, 0) is 19.0 Å². The summed E-state index contributed by atoms with van der Waals surface area (Å²) in [5, 5.41) is 0. The van der Waals surface area contributed by atoms with Gasteiger partial charge in [-0.1, -0.05) is 13.0 Å². The number of amides is 1. The number of carbonyl (C=O) groups excluding carboxylic acids is 1. The summed E-state index contributed by atoms with van der Waals surface area (Å²) in [5.41, 5.74) is 6.79. The minimum absolute atomic E-state index is 0.103. The molecule has 1 heterocycles. The fraction of sp³-hybridized carbons (Fsp3) is 0.538. The second kappa shape index (κ2) is 6.96. The van der Waals surface area contributed by atoms with Gasteiger partial charge in [0.2, 0.25) is 5.91 Å². The van der Waals surface area contributed by atoms with Gasteiger partial charge in [-0.25, -0.2) is 4.98 Å². The summed E-state index contributed by atoms with van der Waals surface area (Å²) in [6.07, 6.45) is 2.68. The maximum Gasteiger partial charge on any atom is 0.236 e. The fourth-order valence-corrected chi connectivity index (χ4v) is 1.69. The largest absolute Gasteiger partial charge is 0.383 e. The lowest BCUT2D eigenvalue weighted by Crippen LogP contribution is -2.36. The molecule has 0 bridgehead atoms. The summed E-state index contributed by atoms with van der Waals surface area (Å²) in [6.45, 7) is 4.04. The molecule has 0 unspecified atom stereocenters. The Hall–Kier alpha value is -1.62. The van der Waals surface area contributed by atoms with E-state index in [-0.39, 0.29) is 5.91 Å². The van der Waals surface area contributed by atoms with Gasteiger partial charge >= 0.3 is 0 Å². The summed E-state index contributed by atoms with van der Waals surface area (Å²) < 4.78 is 0. The molecule has 0 atom stereocenters. The van der Waals surface area contributed by atoms with Gasteiger partial charge in [0.05, 0.1) is 6.54 Å². The molecule has 1 rings (SSSR count). The number of nitrogens with two attached hydrogens (primary N) is 1. The van der Waals surface area contributed by atoms with Gasteiger partial charge in [0, 0.05) is 32.4 Å². The number of nitrogens with zero attached hydrogens (tertiary/aromatic N) is 3. The van der Waals surface area contributed by atoms with E-state index in [9.17, 15) is 4.79 Å². The molecule has 0 saturated heterocycles. The van der Waals surface area contributed by atoms with Gasteiger partial charge < -0.3 is 10.6 Å². The van der Waals surface area contributed by atoms with Gasteiger partial charge in [-0.2, -0.15) is 0 Å². The van der Waals surface area contributed by atoms with Crippen molar-refractivity contribution < 1.29 is 4.79 Å². The van der Waals surface area contributed by atoms with Gasteiger partial charge in [-0.3, -0.25) is 9.69 Å². The number of anilines is 1. The number of likely N-dealkylation sites (N-methyl/N-ethyl adjacent to an activating group) is 1. The van der Waals surface area contributed by atoms with E-state index >= 15 is 0 Å². The average Bonchev–Trinajstić information content (AvgIpc) is 2.32. The van der Waals surface area contributed by atoms with Crippen LogP contribution >= 0.6 is 0 Å². The highest BCUT2D eigenvalue weighted by molar-refractivity contribution is 5.77. The molecule has 1 amide bonds. The smallest absolute Gasteiger partial charge is 0.236 e. The summed E-state index contributed by atoms with van der Waals surface area (Å²) >= 11 is 0. The van der Waals surface area contributed by atoms with Gasteiger partial charge in [0.25, 0.3) is 0 Å². The summed E-state index contributed by atoms with van der Waals surface area (Å²) in [6, 6.07) is 3.81. The lowest BCUT2D eigenvalue weighted by Gasteiger charge is -2.23. The molecule has 0 aliphatic rings. The van der Waals surface area contributed by atoms with Crippen molar-refractivity contribution in [2.45, 2.75) is 19.9 Å². The van der Waals surface area contributed by atoms with Crippen LogP contribution in [0.5, 0.6) is 0 Å². The van der Waals surface area contributed by atoms with E-state index in [2.05, 4.69) is 16.8 Å². The molecule has 0 aliphatic heterocycles. The van der Waals surface area contributed by atoms with Crippen LogP contribution in [-0.4, -0.2) is 47.9 Å². The molecule has 0 saturated carbocycles. The predicted octanol–water partition coefficient (Wildman–Crippen LogP) is 0.964. The van der Waals surface area contributed by atoms with Crippen molar-refractivity contribution >= 4 is 11.7 Å². The van der Waals surface area contributed by atoms with Crippen molar-refractivity contribution in [2.24, 2.45) is 0 Å². The van der Waals surface area contributed by atoms with Gasteiger partial charge in [-0.15, -0.1) is 0 Å². The SMILES string of the molecule is CCCN(CC(=O)N(C)C)Cc1cccnc1N. The Morgan fingerprint density at radius 1 is 1.44 bits per heavy atom. The molecule has 5 heteroatoms. The number of nitrogen functional groups attached to an aromatic ring is 1. The van der Waals surface area contributed by atoms with E-state index in [1.54, 1.807) is 25.2 Å². The molecule has 2 N–H and O–H groups in total. The van der Waals surface area contributed by atoms with Crippen molar-refractivity contribution in [2.75, 3.05) is 32.9 Å². The molecule has 0 radical (unpaired) electrons. The number of pyridine rings is 1. The quantitative estimate of drug-likeness (QED) is 0.817. The summed E-state index contributed by atoms with van der Waals surface area (Å²) in [5.74, 6) is 0.641. The Kier molecular flexibility index (Phi) is 5.58. The van der Waals surface area contributed by atoms with Crippen molar-refractivity contribution in [1.29, 1.82) is 0 Å². The highest BCUT2D eigenvalue weighted by Crippen LogP contribution is 2.11. The highest BCUT2D eigenvalue weighted by Gasteiger charge is 2.13. The Morgan fingerprint density at radius 2 is 2.17 bits per heavy atom. The first-order valence-electron chi connectivity index (χ1n) is 6.16. The average molecular weight is 250 g/mol. The van der Waals surface area contributed by atoms with Crippen LogP contribution in [0.2, 0.25) is 0 Å². The van der Waals surface area contributed by atoms with Gasteiger partial charge in [0.1, 0.15) is 5.82 Å². The lowest BCUT2D eigenvalue weighted by atomic mass is 10.2. The Labute approximate surface area is 109 Å². The van der Waals surface area contributed by atoms with E-state index in [4.69, 9.17) is 5.73 Å². The predicted molar refractivity (Wildman–Crippen MR) is 72.9 cm³/mol. The first kappa shape index (κ1) is 14.4. The minimum atomic E-state index is 0.103. The molecule has 1 aromatic rings. The van der Waals surface area contributed by atoms with Gasteiger partial charge in [0.15, 0.2) is 0 Å². The van der Waals surface area contributed by atoms with E-state index in [0.29, 0.717) is 18.9 Å². The molecule has 100 valence electrons. The van der Waals surface area contributed by atoms with Crippen LogP contribution in [0.15, 0.2) is 18.3 Å². The fourth-order valence-electron chi connectivity index (χ4n) is 1.69. The van der Waals surface area contributed by atoms with Crippen molar-refractivity contribution in [3.63, 3.8) is 0 Å². The van der Waals surface area contributed by atoms with Crippen molar-refractivity contribution in [1.82, 2.24) is 14.8 Å². The monoisotopic (exact) mass is 250 g/mol. The molecule has 0 aliphatic carbocycles. The Balaban J connectivity index is 2.68. The van der Waals surface area contributed by atoms with E-state index in [1.165, 1.54) is 0 Å². The Morgan fingerprint density at radius 3 is 2.72 bits per heavy atom. The number of hydrogen-bond acceptors (Lipinski definition) is 4. The second-order valence-electron chi connectivity index (χ2n) is 4.55. The van der Waals surface area contributed by atoms with E-state index < -0.39 is 0 Å². The molecule has 1 aromatic heterocycles. The molecular weight excluding hydrogens is 228 g/mol. The van der Waals surface area contributed by atoms with E-state index in [1.807, 2.05) is 12.1 Å². The zero-order valence-electron chi connectivity index (χ0n) is 11.4. The van der Waals surface area contributed by atoms with Crippen LogP contribution in [0.3, 0.4) is 0 Å². The van der Waals surface area contributed by atoms with Crippen LogP contribution in [0.4, 0.5) is 5.82 Å². The third-order valence-corrected chi connectivity index (χ3v) is 2.72. The highest BCUT2D eigenvalue weighted by atomic mass is 16.2. The van der Waals surface area contributed by atoms with Crippen molar-refractivity contribution in [3.05, 3.63) is 23.9 Å². The zero-order chi connectivity index (χ0) is 13.5. The number of rotatable bonds is 6. The number of hydrogen-bond donors (Lipinski definition) is 1. The summed E-state index contributed by atoms with van der Waals surface area (Å²) in [7, 11) is 3.54. The Bertz CT molecular complexity index is 392. The van der Waals surface area contributed by atoms with Crippen LogP contribution in [0.25, 0.3) is 0 Å². The molecule has 0 spiro atoms. The maximum absolute atomic E-state index is 11.7. The third kappa shape index (κ3) is 4.33.